The van der Waals surface area contributed by atoms with Crippen molar-refractivity contribution >= 4 is 28.6 Å². The lowest BCUT2D eigenvalue weighted by Gasteiger charge is -2.21. The highest BCUT2D eigenvalue weighted by atomic mass is 19.4. The first-order chi connectivity index (χ1) is 20.1. The summed E-state index contributed by atoms with van der Waals surface area (Å²) in [4.78, 5) is 30.2. The summed E-state index contributed by atoms with van der Waals surface area (Å²) in [6.07, 6.45) is -0.351. The molecule has 4 rings (SSSR count). The maximum absolute atomic E-state index is 13.9. The molecule has 224 valence electrons. The number of alkyl halides is 5. The number of hydrogen-bond acceptors (Lipinski definition) is 5. The van der Waals surface area contributed by atoms with Crippen molar-refractivity contribution in [3.05, 3.63) is 71.5 Å². The lowest BCUT2D eigenvalue weighted by Crippen LogP contribution is -2.42. The van der Waals surface area contributed by atoms with Gasteiger partial charge < -0.3 is 15.1 Å². The van der Waals surface area contributed by atoms with Crippen LogP contribution in [0.4, 0.5) is 32.2 Å². The molecule has 0 radical (unpaired) electrons. The van der Waals surface area contributed by atoms with Gasteiger partial charge in [-0.05, 0) is 55.8 Å². The van der Waals surface area contributed by atoms with Crippen LogP contribution < -0.4 is 10.6 Å². The molecule has 2 heterocycles. The molecule has 12 heteroatoms. The van der Waals surface area contributed by atoms with Crippen LogP contribution in [-0.2, 0) is 0 Å². The Morgan fingerprint density at radius 3 is 2.28 bits per heavy atom. The van der Waals surface area contributed by atoms with E-state index in [1.165, 1.54) is 49.5 Å². The molecule has 0 aliphatic carbocycles. The monoisotopic (exact) mass is 601 g/mol. The lowest BCUT2D eigenvalue weighted by atomic mass is 9.86. The van der Waals surface area contributed by atoms with Crippen LogP contribution in [0.3, 0.4) is 0 Å². The summed E-state index contributed by atoms with van der Waals surface area (Å²) in [6.45, 7) is 1.55. The quantitative estimate of drug-likeness (QED) is 0.118. The van der Waals surface area contributed by atoms with E-state index >= 15 is 0 Å². The maximum Gasteiger partial charge on any atom is 0.455 e. The van der Waals surface area contributed by atoms with Gasteiger partial charge in [-0.2, -0.15) is 26.9 Å². The number of anilines is 1. The fourth-order valence-corrected chi connectivity index (χ4v) is 4.24. The molecular formula is C31H25F6N3O3. The molecule has 0 spiro atoms. The second-order valence-electron chi connectivity index (χ2n) is 10.4. The Kier molecular flexibility index (Phi) is 8.31. The Morgan fingerprint density at radius 2 is 1.67 bits per heavy atom. The number of hydrogen-bond donors (Lipinski definition) is 2. The fraction of sp³-hybridized carbons (Fsp3) is 0.258. The van der Waals surface area contributed by atoms with Gasteiger partial charge in [0.2, 0.25) is 5.71 Å². The summed E-state index contributed by atoms with van der Waals surface area (Å²) in [5.41, 5.74) is -0.341. The van der Waals surface area contributed by atoms with Crippen molar-refractivity contribution in [2.45, 2.75) is 32.4 Å². The number of fused-ring (bicyclic) bond motifs is 1. The summed E-state index contributed by atoms with van der Waals surface area (Å²) in [5, 5.41) is 4.62. The van der Waals surface area contributed by atoms with Gasteiger partial charge in [-0.15, -0.1) is 12.3 Å². The van der Waals surface area contributed by atoms with Crippen molar-refractivity contribution in [3.63, 3.8) is 0 Å². The number of nitrogens with one attached hydrogen (secondary N) is 2. The van der Waals surface area contributed by atoms with Crippen molar-refractivity contribution in [1.29, 1.82) is 0 Å². The number of carbonyl (C=O) groups is 2. The maximum atomic E-state index is 13.9. The second kappa shape index (κ2) is 11.5. The van der Waals surface area contributed by atoms with E-state index in [9.17, 15) is 35.9 Å². The Balaban J connectivity index is 1.93. The van der Waals surface area contributed by atoms with Crippen LogP contribution in [0.2, 0.25) is 0 Å². The predicted molar refractivity (Wildman–Crippen MR) is 149 cm³/mol. The van der Waals surface area contributed by atoms with Crippen LogP contribution in [0.25, 0.3) is 33.6 Å². The third-order valence-corrected chi connectivity index (χ3v) is 6.62. The zero-order valence-electron chi connectivity index (χ0n) is 23.1. The molecule has 0 unspecified atom stereocenters. The summed E-state index contributed by atoms with van der Waals surface area (Å²) in [6, 6.07) is 12.2. The Hall–Kier alpha value is -4.79. The molecule has 0 saturated heterocycles. The minimum absolute atomic E-state index is 0.00736. The first-order valence-corrected chi connectivity index (χ1v) is 12.8. The standard InChI is InChI=1S/C31H25F6N3O3/c1-5-29(2,3)15-23(41)19-8-6-7-18(13-19)21-14-22-24(27(42)38-4)25(17-9-11-20(32)12-10-17)43-28(22)40-26(21)39-16-30(33,34)31(35,36)37/h1,6-14H,15-16H2,2-4H3,(H,38,42)(H,39,40). The largest absolute Gasteiger partial charge is 0.455 e. The number of benzene rings is 2. The molecule has 2 N–H and O–H groups in total. The summed E-state index contributed by atoms with van der Waals surface area (Å²) in [7, 11) is 1.35. The molecule has 2 aromatic carbocycles. The first kappa shape index (κ1) is 31.2. The van der Waals surface area contributed by atoms with Gasteiger partial charge in [0, 0.05) is 35.6 Å². The lowest BCUT2D eigenvalue weighted by molar-refractivity contribution is -0.275. The van der Waals surface area contributed by atoms with Crippen molar-refractivity contribution < 1.29 is 40.3 Å². The van der Waals surface area contributed by atoms with E-state index in [2.05, 4.69) is 21.5 Å². The van der Waals surface area contributed by atoms with Gasteiger partial charge in [-0.25, -0.2) is 4.39 Å². The van der Waals surface area contributed by atoms with Gasteiger partial charge in [0.1, 0.15) is 17.4 Å². The molecule has 0 aliphatic rings. The number of carbonyl (C=O) groups excluding carboxylic acids is 2. The van der Waals surface area contributed by atoms with Crippen molar-refractivity contribution in [1.82, 2.24) is 10.3 Å². The van der Waals surface area contributed by atoms with E-state index in [1.54, 1.807) is 13.8 Å². The number of rotatable bonds is 9. The molecule has 4 aromatic rings. The highest BCUT2D eigenvalue weighted by Gasteiger charge is 2.57. The predicted octanol–water partition coefficient (Wildman–Crippen LogP) is 7.50. The Bertz CT molecular complexity index is 1730. The first-order valence-electron chi connectivity index (χ1n) is 12.8. The van der Waals surface area contributed by atoms with E-state index < -0.39 is 41.6 Å². The van der Waals surface area contributed by atoms with Crippen LogP contribution in [0.1, 0.15) is 41.0 Å². The van der Waals surface area contributed by atoms with Crippen LogP contribution in [0.5, 0.6) is 0 Å². The molecule has 0 saturated carbocycles. The molecule has 0 bridgehead atoms. The van der Waals surface area contributed by atoms with Gasteiger partial charge in [-0.1, -0.05) is 18.2 Å². The van der Waals surface area contributed by atoms with Gasteiger partial charge in [0.25, 0.3) is 5.91 Å². The second-order valence-corrected chi connectivity index (χ2v) is 10.4. The molecule has 43 heavy (non-hydrogen) atoms. The summed E-state index contributed by atoms with van der Waals surface area (Å²) in [5.74, 6) is -4.56. The molecule has 1 amide bonds. The fourth-order valence-electron chi connectivity index (χ4n) is 4.24. The number of terminal acetylenes is 1. The van der Waals surface area contributed by atoms with Gasteiger partial charge >= 0.3 is 12.1 Å². The Labute approximate surface area is 242 Å². The minimum Gasteiger partial charge on any atom is -0.437 e. The van der Waals surface area contributed by atoms with Gasteiger partial charge in [0.05, 0.1) is 17.5 Å². The number of halogens is 6. The SMILES string of the molecule is C#CC(C)(C)CC(=O)c1cccc(-c2cc3c(C(=O)NC)c(-c4ccc(F)cc4)oc3nc2NCC(F)(F)C(F)(F)F)c1. The van der Waals surface area contributed by atoms with E-state index in [0.717, 1.165) is 12.1 Å². The number of Topliss-reactive ketones (excluding diaryl/α,β-unsaturated/α-hetero) is 1. The zero-order valence-corrected chi connectivity index (χ0v) is 23.1. The zero-order chi connectivity index (χ0) is 31.7. The molecule has 0 aliphatic heterocycles. The number of amides is 1. The number of nitrogens with zero attached hydrogens (tertiary/aromatic N) is 1. The molecule has 6 nitrogen and oxygen atoms in total. The molecule has 2 aromatic heterocycles. The number of ketones is 1. The summed E-state index contributed by atoms with van der Waals surface area (Å²) < 4.78 is 86.1. The average molecular weight is 602 g/mol. The normalized spacial score (nSPS) is 12.2. The van der Waals surface area contributed by atoms with E-state index in [1.807, 2.05) is 0 Å². The highest BCUT2D eigenvalue weighted by molar-refractivity contribution is 6.11. The van der Waals surface area contributed by atoms with Crippen LogP contribution in [0.15, 0.2) is 59.0 Å². The van der Waals surface area contributed by atoms with Crippen molar-refractivity contribution in [3.8, 4) is 34.8 Å². The van der Waals surface area contributed by atoms with E-state index in [0.29, 0.717) is 0 Å². The molecular weight excluding hydrogens is 576 g/mol. The minimum atomic E-state index is -5.84. The van der Waals surface area contributed by atoms with E-state index in [-0.39, 0.29) is 56.9 Å². The van der Waals surface area contributed by atoms with Crippen LogP contribution in [-0.4, -0.2) is 42.4 Å². The number of furan rings is 1. The third-order valence-electron chi connectivity index (χ3n) is 6.62. The average Bonchev–Trinajstić information content (AvgIpc) is 3.33. The summed E-state index contributed by atoms with van der Waals surface area (Å²) >= 11 is 0. The Morgan fingerprint density at radius 1 is 1.00 bits per heavy atom. The number of aromatic nitrogens is 1. The molecule has 0 atom stereocenters. The van der Waals surface area contributed by atoms with Crippen LogP contribution in [0, 0.1) is 23.6 Å². The topological polar surface area (TPSA) is 84.2 Å². The van der Waals surface area contributed by atoms with E-state index in [4.69, 9.17) is 10.8 Å². The van der Waals surface area contributed by atoms with Crippen molar-refractivity contribution in [2.24, 2.45) is 5.41 Å². The van der Waals surface area contributed by atoms with Crippen LogP contribution >= 0.6 is 0 Å². The third kappa shape index (κ3) is 6.51. The smallest absolute Gasteiger partial charge is 0.437 e. The van der Waals surface area contributed by atoms with Gasteiger partial charge in [-0.3, -0.25) is 9.59 Å². The van der Waals surface area contributed by atoms with Crippen molar-refractivity contribution in [2.75, 3.05) is 18.9 Å². The number of pyridine rings is 1. The highest BCUT2D eigenvalue weighted by Crippen LogP contribution is 2.40. The van der Waals surface area contributed by atoms with Gasteiger partial charge in [0.15, 0.2) is 5.78 Å². The molecule has 0 fully saturated rings.